The van der Waals surface area contributed by atoms with Crippen LogP contribution in [0.3, 0.4) is 0 Å². The lowest BCUT2D eigenvalue weighted by molar-refractivity contribution is -0.129. The summed E-state index contributed by atoms with van der Waals surface area (Å²) in [6.07, 6.45) is 2.57. The van der Waals surface area contributed by atoms with Gasteiger partial charge in [0.1, 0.15) is 0 Å². The molecule has 1 saturated carbocycles. The summed E-state index contributed by atoms with van der Waals surface area (Å²) in [5, 5.41) is 3.02. The van der Waals surface area contributed by atoms with E-state index in [1.165, 1.54) is 11.3 Å². The van der Waals surface area contributed by atoms with Gasteiger partial charge in [-0.05, 0) is 38.3 Å². The quantitative estimate of drug-likeness (QED) is 0.832. The van der Waals surface area contributed by atoms with Crippen molar-refractivity contribution < 1.29 is 9.59 Å². The number of carbonyl (C=O) groups is 2. The standard InChI is InChI=1S/C19H27N3O2/c1-3-21(17-7-5-4-6-14(17)2)11-10-20-19(24)15-12-18(23)22(13-15)16-8-9-16/h4-7,15-16H,3,8-13H2,1-2H3,(H,20,24)/t15-/m1/s1. The normalized spacial score (nSPS) is 20.3. The molecule has 24 heavy (non-hydrogen) atoms. The van der Waals surface area contributed by atoms with Gasteiger partial charge in [0.2, 0.25) is 11.8 Å². The molecule has 1 saturated heterocycles. The van der Waals surface area contributed by atoms with Crippen LogP contribution in [0.4, 0.5) is 5.69 Å². The highest BCUT2D eigenvalue weighted by molar-refractivity contribution is 5.89. The Hall–Kier alpha value is -2.04. The molecule has 5 nitrogen and oxygen atoms in total. The highest BCUT2D eigenvalue weighted by Gasteiger charge is 2.41. The zero-order valence-electron chi connectivity index (χ0n) is 14.6. The first-order chi connectivity index (χ1) is 11.6. The van der Waals surface area contributed by atoms with Crippen molar-refractivity contribution in [3.63, 3.8) is 0 Å². The molecule has 1 aromatic carbocycles. The number of hydrogen-bond acceptors (Lipinski definition) is 3. The molecule has 130 valence electrons. The van der Waals surface area contributed by atoms with Crippen LogP contribution in [0.5, 0.6) is 0 Å². The first kappa shape index (κ1) is 16.8. The summed E-state index contributed by atoms with van der Waals surface area (Å²) < 4.78 is 0. The number of likely N-dealkylation sites (tertiary alicyclic amines) is 1. The summed E-state index contributed by atoms with van der Waals surface area (Å²) in [6.45, 7) is 7.11. The highest BCUT2D eigenvalue weighted by atomic mass is 16.2. The van der Waals surface area contributed by atoms with Crippen LogP contribution in [0.15, 0.2) is 24.3 Å². The van der Waals surface area contributed by atoms with Gasteiger partial charge in [0.05, 0.1) is 5.92 Å². The van der Waals surface area contributed by atoms with Crippen LogP contribution >= 0.6 is 0 Å². The second-order valence-corrected chi connectivity index (χ2v) is 6.84. The number of carbonyl (C=O) groups excluding carboxylic acids is 2. The van der Waals surface area contributed by atoms with Gasteiger partial charge in [-0.15, -0.1) is 0 Å². The maximum absolute atomic E-state index is 12.3. The summed E-state index contributed by atoms with van der Waals surface area (Å²) >= 11 is 0. The van der Waals surface area contributed by atoms with Crippen LogP contribution < -0.4 is 10.2 Å². The van der Waals surface area contributed by atoms with Crippen molar-refractivity contribution in [1.82, 2.24) is 10.2 Å². The van der Waals surface area contributed by atoms with E-state index in [9.17, 15) is 9.59 Å². The summed E-state index contributed by atoms with van der Waals surface area (Å²) in [5.74, 6) is -0.00767. The van der Waals surface area contributed by atoms with E-state index in [0.717, 1.165) is 25.9 Å². The molecule has 1 aromatic rings. The Bertz CT molecular complexity index is 612. The lowest BCUT2D eigenvalue weighted by atomic mass is 10.1. The van der Waals surface area contributed by atoms with E-state index in [0.29, 0.717) is 25.6 Å². The minimum atomic E-state index is -0.174. The Balaban J connectivity index is 1.48. The monoisotopic (exact) mass is 329 g/mol. The van der Waals surface area contributed by atoms with Gasteiger partial charge in [-0.2, -0.15) is 0 Å². The summed E-state index contributed by atoms with van der Waals surface area (Å²) in [5.41, 5.74) is 2.46. The number of likely N-dealkylation sites (N-methyl/N-ethyl adjacent to an activating group) is 1. The molecular formula is C19H27N3O2. The van der Waals surface area contributed by atoms with Gasteiger partial charge >= 0.3 is 0 Å². The van der Waals surface area contributed by atoms with Gasteiger partial charge in [-0.25, -0.2) is 0 Å². The lowest BCUT2D eigenvalue weighted by Gasteiger charge is -2.25. The zero-order valence-corrected chi connectivity index (χ0v) is 14.6. The predicted octanol–water partition coefficient (Wildman–Crippen LogP) is 1.95. The predicted molar refractivity (Wildman–Crippen MR) is 94.9 cm³/mol. The number of rotatable bonds is 7. The molecule has 2 aliphatic rings. The Morgan fingerprint density at radius 1 is 1.33 bits per heavy atom. The fraction of sp³-hybridized carbons (Fsp3) is 0.579. The number of para-hydroxylation sites is 1. The van der Waals surface area contributed by atoms with Gasteiger partial charge in [0.25, 0.3) is 0 Å². The molecule has 5 heteroatoms. The van der Waals surface area contributed by atoms with Crippen LogP contribution in [0.25, 0.3) is 0 Å². The van der Waals surface area contributed by atoms with Crippen LogP contribution in [0.2, 0.25) is 0 Å². The Labute approximate surface area is 144 Å². The first-order valence-electron chi connectivity index (χ1n) is 8.98. The van der Waals surface area contributed by atoms with Crippen LogP contribution in [0.1, 0.15) is 31.7 Å². The van der Waals surface area contributed by atoms with Crippen LogP contribution in [-0.2, 0) is 9.59 Å². The topological polar surface area (TPSA) is 52.7 Å². The number of nitrogens with zero attached hydrogens (tertiary/aromatic N) is 2. The van der Waals surface area contributed by atoms with Crippen LogP contribution in [0, 0.1) is 12.8 Å². The Kier molecular flexibility index (Phi) is 5.07. The minimum Gasteiger partial charge on any atom is -0.370 e. The lowest BCUT2D eigenvalue weighted by Crippen LogP contribution is -2.39. The highest BCUT2D eigenvalue weighted by Crippen LogP contribution is 2.32. The molecule has 0 bridgehead atoms. The fourth-order valence-electron chi connectivity index (χ4n) is 3.47. The van der Waals surface area contributed by atoms with E-state index in [-0.39, 0.29) is 17.7 Å². The molecule has 0 radical (unpaired) electrons. The number of nitrogens with one attached hydrogen (secondary N) is 1. The van der Waals surface area contributed by atoms with Gasteiger partial charge in [-0.3, -0.25) is 9.59 Å². The third-order valence-corrected chi connectivity index (χ3v) is 5.04. The maximum Gasteiger partial charge on any atom is 0.225 e. The Morgan fingerprint density at radius 2 is 2.08 bits per heavy atom. The molecule has 0 spiro atoms. The number of anilines is 1. The third-order valence-electron chi connectivity index (χ3n) is 5.04. The van der Waals surface area contributed by atoms with E-state index in [4.69, 9.17) is 0 Å². The molecule has 1 heterocycles. The number of amides is 2. The summed E-state index contributed by atoms with van der Waals surface area (Å²) in [7, 11) is 0. The molecule has 3 rings (SSSR count). The van der Waals surface area contributed by atoms with E-state index in [1.54, 1.807) is 0 Å². The van der Waals surface area contributed by atoms with Gasteiger partial charge in [0.15, 0.2) is 0 Å². The minimum absolute atomic E-state index is 0.0207. The second-order valence-electron chi connectivity index (χ2n) is 6.84. The average molecular weight is 329 g/mol. The van der Waals surface area contributed by atoms with Gasteiger partial charge < -0.3 is 15.1 Å². The van der Waals surface area contributed by atoms with E-state index in [2.05, 4.69) is 36.2 Å². The molecule has 1 aliphatic heterocycles. The smallest absolute Gasteiger partial charge is 0.225 e. The Morgan fingerprint density at radius 3 is 2.75 bits per heavy atom. The SMILES string of the molecule is CCN(CCNC(=O)[C@@H]1CC(=O)N(C2CC2)C1)c1ccccc1C. The molecule has 0 unspecified atom stereocenters. The van der Waals surface area contributed by atoms with E-state index < -0.39 is 0 Å². The average Bonchev–Trinajstić information content (AvgIpc) is 3.34. The van der Waals surface area contributed by atoms with Crippen molar-refractivity contribution in [1.29, 1.82) is 0 Å². The molecular weight excluding hydrogens is 302 g/mol. The third kappa shape index (κ3) is 3.71. The van der Waals surface area contributed by atoms with Crippen molar-refractivity contribution >= 4 is 17.5 Å². The molecule has 2 amide bonds. The molecule has 2 fully saturated rings. The van der Waals surface area contributed by atoms with Crippen molar-refractivity contribution in [2.24, 2.45) is 5.92 Å². The summed E-state index contributed by atoms with van der Waals surface area (Å²) in [4.78, 5) is 28.5. The molecule has 1 atom stereocenters. The maximum atomic E-state index is 12.3. The van der Waals surface area contributed by atoms with Crippen molar-refractivity contribution in [2.45, 2.75) is 39.2 Å². The second kappa shape index (κ2) is 7.24. The van der Waals surface area contributed by atoms with Crippen molar-refractivity contribution in [2.75, 3.05) is 31.1 Å². The van der Waals surface area contributed by atoms with Gasteiger partial charge in [0, 0.05) is 44.3 Å². The van der Waals surface area contributed by atoms with Crippen molar-refractivity contribution in [3.05, 3.63) is 29.8 Å². The largest absolute Gasteiger partial charge is 0.370 e. The molecule has 0 aromatic heterocycles. The number of hydrogen-bond donors (Lipinski definition) is 1. The van der Waals surface area contributed by atoms with E-state index >= 15 is 0 Å². The zero-order chi connectivity index (χ0) is 17.1. The number of benzene rings is 1. The van der Waals surface area contributed by atoms with Gasteiger partial charge in [-0.1, -0.05) is 18.2 Å². The summed E-state index contributed by atoms with van der Waals surface area (Å²) in [6, 6.07) is 8.71. The number of aryl methyl sites for hydroxylation is 1. The fourth-order valence-corrected chi connectivity index (χ4v) is 3.47. The van der Waals surface area contributed by atoms with Crippen LogP contribution in [-0.4, -0.2) is 48.9 Å². The first-order valence-corrected chi connectivity index (χ1v) is 8.98. The van der Waals surface area contributed by atoms with E-state index in [1.807, 2.05) is 17.0 Å². The molecule has 1 aliphatic carbocycles. The molecule has 1 N–H and O–H groups in total. The van der Waals surface area contributed by atoms with Crippen molar-refractivity contribution in [3.8, 4) is 0 Å².